The third kappa shape index (κ3) is 4.33. The SMILES string of the molecule is Cl.O=C(NC1CCNCC1)c1cnn(-c2cccc(C(F)(F)F)c2)c1C1CC1. The molecule has 0 radical (unpaired) electrons. The summed E-state index contributed by atoms with van der Waals surface area (Å²) in [6.45, 7) is 1.73. The smallest absolute Gasteiger partial charge is 0.349 e. The first-order valence-electron chi connectivity index (χ1n) is 9.20. The van der Waals surface area contributed by atoms with Gasteiger partial charge in [0.05, 0.1) is 28.7 Å². The summed E-state index contributed by atoms with van der Waals surface area (Å²) < 4.78 is 40.6. The van der Waals surface area contributed by atoms with Crippen molar-refractivity contribution in [2.24, 2.45) is 0 Å². The molecule has 1 saturated carbocycles. The average molecular weight is 415 g/mol. The van der Waals surface area contributed by atoms with Gasteiger partial charge in [0, 0.05) is 12.0 Å². The Labute approximate surface area is 167 Å². The molecule has 1 saturated heterocycles. The summed E-state index contributed by atoms with van der Waals surface area (Å²) in [6.07, 6.45) is 0.623. The minimum absolute atomic E-state index is 0. The van der Waals surface area contributed by atoms with Crippen molar-refractivity contribution in [3.63, 3.8) is 0 Å². The highest BCUT2D eigenvalue weighted by molar-refractivity contribution is 5.95. The highest BCUT2D eigenvalue weighted by Gasteiger charge is 2.35. The second kappa shape index (κ2) is 8.13. The number of rotatable bonds is 4. The Balaban J connectivity index is 0.00000225. The molecule has 2 fully saturated rings. The lowest BCUT2D eigenvalue weighted by atomic mass is 10.1. The van der Waals surface area contributed by atoms with E-state index in [2.05, 4.69) is 15.7 Å². The molecule has 0 bridgehead atoms. The highest BCUT2D eigenvalue weighted by Crippen LogP contribution is 2.43. The first-order chi connectivity index (χ1) is 12.9. The van der Waals surface area contributed by atoms with Gasteiger partial charge in [-0.05, 0) is 57.0 Å². The number of nitrogens with zero attached hydrogens (tertiary/aromatic N) is 2. The molecular formula is C19H22ClF3N4O. The Bertz CT molecular complexity index is 842. The maximum Gasteiger partial charge on any atom is 0.416 e. The lowest BCUT2D eigenvalue weighted by Crippen LogP contribution is -2.42. The largest absolute Gasteiger partial charge is 0.416 e. The molecule has 1 aromatic heterocycles. The minimum Gasteiger partial charge on any atom is -0.349 e. The fourth-order valence-corrected chi connectivity index (χ4v) is 3.53. The van der Waals surface area contributed by atoms with Crippen LogP contribution in [0.1, 0.15) is 53.2 Å². The van der Waals surface area contributed by atoms with Crippen LogP contribution < -0.4 is 10.6 Å². The molecule has 5 nitrogen and oxygen atoms in total. The number of carbonyl (C=O) groups is 1. The van der Waals surface area contributed by atoms with E-state index in [-0.39, 0.29) is 30.3 Å². The molecule has 0 spiro atoms. The Hall–Kier alpha value is -2.06. The van der Waals surface area contributed by atoms with Crippen LogP contribution in [0.5, 0.6) is 0 Å². The van der Waals surface area contributed by atoms with E-state index >= 15 is 0 Å². The Kier molecular flexibility index (Phi) is 6.00. The molecule has 9 heteroatoms. The van der Waals surface area contributed by atoms with Crippen molar-refractivity contribution in [2.75, 3.05) is 13.1 Å². The maximum absolute atomic E-state index is 13.1. The van der Waals surface area contributed by atoms with Crippen molar-refractivity contribution in [3.8, 4) is 5.69 Å². The van der Waals surface area contributed by atoms with Crippen LogP contribution >= 0.6 is 12.4 Å². The van der Waals surface area contributed by atoms with Crippen LogP contribution in [0.25, 0.3) is 5.69 Å². The third-order valence-electron chi connectivity index (χ3n) is 5.11. The number of alkyl halides is 3. The van der Waals surface area contributed by atoms with Crippen LogP contribution in [-0.4, -0.2) is 34.8 Å². The maximum atomic E-state index is 13.1. The van der Waals surface area contributed by atoms with Crippen LogP contribution in [-0.2, 0) is 6.18 Å². The van der Waals surface area contributed by atoms with E-state index in [1.807, 2.05) is 0 Å². The van der Waals surface area contributed by atoms with Crippen LogP contribution in [0.4, 0.5) is 13.2 Å². The molecular weight excluding hydrogens is 393 g/mol. The molecule has 2 aromatic rings. The van der Waals surface area contributed by atoms with Crippen molar-refractivity contribution >= 4 is 18.3 Å². The van der Waals surface area contributed by atoms with Gasteiger partial charge < -0.3 is 10.6 Å². The zero-order valence-electron chi connectivity index (χ0n) is 15.1. The Morgan fingerprint density at radius 2 is 1.89 bits per heavy atom. The summed E-state index contributed by atoms with van der Waals surface area (Å²) >= 11 is 0. The van der Waals surface area contributed by atoms with E-state index < -0.39 is 11.7 Å². The van der Waals surface area contributed by atoms with Gasteiger partial charge in [-0.1, -0.05) is 6.07 Å². The first kappa shape index (κ1) is 20.7. The normalized spacial score (nSPS) is 17.8. The molecule has 1 aliphatic heterocycles. The number of hydrogen-bond donors (Lipinski definition) is 2. The second-order valence-electron chi connectivity index (χ2n) is 7.18. The van der Waals surface area contributed by atoms with Crippen molar-refractivity contribution < 1.29 is 18.0 Å². The molecule has 1 aromatic carbocycles. The van der Waals surface area contributed by atoms with E-state index in [0.717, 1.165) is 50.9 Å². The number of aromatic nitrogens is 2. The monoisotopic (exact) mass is 414 g/mol. The summed E-state index contributed by atoms with van der Waals surface area (Å²) in [5.74, 6) is -0.0298. The fourth-order valence-electron chi connectivity index (χ4n) is 3.53. The number of benzene rings is 1. The summed E-state index contributed by atoms with van der Waals surface area (Å²) in [4.78, 5) is 12.8. The Morgan fingerprint density at radius 1 is 1.18 bits per heavy atom. The van der Waals surface area contributed by atoms with Gasteiger partial charge in [-0.3, -0.25) is 4.79 Å². The van der Waals surface area contributed by atoms with Crippen molar-refractivity contribution in [3.05, 3.63) is 47.3 Å². The van der Waals surface area contributed by atoms with Crippen molar-refractivity contribution in [2.45, 2.75) is 43.8 Å². The summed E-state index contributed by atoms with van der Waals surface area (Å²) in [6, 6.07) is 5.18. The van der Waals surface area contributed by atoms with Gasteiger partial charge in [-0.15, -0.1) is 12.4 Å². The number of amides is 1. The van der Waals surface area contributed by atoms with Gasteiger partial charge in [0.25, 0.3) is 5.91 Å². The van der Waals surface area contributed by atoms with Crippen LogP contribution in [0, 0.1) is 0 Å². The molecule has 0 atom stereocenters. The number of halogens is 4. The van der Waals surface area contributed by atoms with Crippen LogP contribution in [0.3, 0.4) is 0 Å². The molecule has 0 unspecified atom stereocenters. The molecule has 2 heterocycles. The molecule has 1 amide bonds. The van der Waals surface area contributed by atoms with Gasteiger partial charge in [-0.2, -0.15) is 18.3 Å². The second-order valence-corrected chi connectivity index (χ2v) is 7.18. The Morgan fingerprint density at radius 3 is 2.54 bits per heavy atom. The number of piperidine rings is 1. The van der Waals surface area contributed by atoms with Gasteiger partial charge in [0.15, 0.2) is 0 Å². The quantitative estimate of drug-likeness (QED) is 0.802. The summed E-state index contributed by atoms with van der Waals surface area (Å²) in [7, 11) is 0. The standard InChI is InChI=1S/C19H21F3N4O.ClH/c20-19(21,22)13-2-1-3-15(10-13)26-17(12-4-5-12)16(11-24-26)18(27)25-14-6-8-23-9-7-14;/h1-3,10-12,14,23H,4-9H2,(H,25,27);1H. The van der Waals surface area contributed by atoms with Gasteiger partial charge >= 0.3 is 6.18 Å². The average Bonchev–Trinajstić information content (AvgIpc) is 3.39. The molecule has 1 aliphatic carbocycles. The molecule has 2 aliphatic rings. The van der Waals surface area contributed by atoms with Gasteiger partial charge in [0.1, 0.15) is 0 Å². The predicted molar refractivity (Wildman–Crippen MR) is 101 cm³/mol. The highest BCUT2D eigenvalue weighted by atomic mass is 35.5. The van der Waals surface area contributed by atoms with E-state index in [1.54, 1.807) is 6.07 Å². The van der Waals surface area contributed by atoms with Gasteiger partial charge in [0.2, 0.25) is 0 Å². The van der Waals surface area contributed by atoms with Crippen molar-refractivity contribution in [1.82, 2.24) is 20.4 Å². The summed E-state index contributed by atoms with van der Waals surface area (Å²) in [5.41, 5.74) is 0.778. The predicted octanol–water partition coefficient (Wildman–Crippen LogP) is 3.67. The third-order valence-corrected chi connectivity index (χ3v) is 5.11. The zero-order valence-corrected chi connectivity index (χ0v) is 15.9. The van der Waals surface area contributed by atoms with Gasteiger partial charge in [-0.25, -0.2) is 4.68 Å². The van der Waals surface area contributed by atoms with Crippen LogP contribution in [0.2, 0.25) is 0 Å². The van der Waals surface area contributed by atoms with Crippen molar-refractivity contribution in [1.29, 1.82) is 0 Å². The first-order valence-corrected chi connectivity index (χ1v) is 9.20. The molecule has 2 N–H and O–H groups in total. The lowest BCUT2D eigenvalue weighted by molar-refractivity contribution is -0.137. The number of carbonyl (C=O) groups excluding carboxylic acids is 1. The van der Waals surface area contributed by atoms with Crippen LogP contribution in [0.15, 0.2) is 30.5 Å². The topological polar surface area (TPSA) is 59.0 Å². The zero-order chi connectivity index (χ0) is 19.0. The van der Waals surface area contributed by atoms with E-state index in [4.69, 9.17) is 0 Å². The van der Waals surface area contributed by atoms with E-state index in [9.17, 15) is 18.0 Å². The number of hydrogen-bond acceptors (Lipinski definition) is 3. The minimum atomic E-state index is -4.42. The molecule has 4 rings (SSSR count). The fraction of sp³-hybridized carbons (Fsp3) is 0.474. The molecule has 152 valence electrons. The van der Waals surface area contributed by atoms with E-state index in [0.29, 0.717) is 16.9 Å². The lowest BCUT2D eigenvalue weighted by Gasteiger charge is -2.23. The molecule has 28 heavy (non-hydrogen) atoms. The summed E-state index contributed by atoms with van der Waals surface area (Å²) in [5, 5.41) is 10.6. The van der Waals surface area contributed by atoms with E-state index in [1.165, 1.54) is 16.9 Å². The number of nitrogens with one attached hydrogen (secondary N) is 2.